The van der Waals surface area contributed by atoms with Crippen molar-refractivity contribution in [3.63, 3.8) is 0 Å². The van der Waals surface area contributed by atoms with Gasteiger partial charge in [-0.05, 0) is 91.8 Å². The first-order chi connectivity index (χ1) is 28.1. The molecule has 2 aromatic carbocycles. The van der Waals surface area contributed by atoms with Crippen molar-refractivity contribution in [2.45, 2.75) is 63.5 Å². The van der Waals surface area contributed by atoms with Gasteiger partial charge < -0.3 is 40.7 Å². The predicted molar refractivity (Wildman–Crippen MR) is 220 cm³/mol. The van der Waals surface area contributed by atoms with Gasteiger partial charge in [0, 0.05) is 86.8 Å². The van der Waals surface area contributed by atoms with Crippen molar-refractivity contribution in [3.05, 3.63) is 100 Å². The monoisotopic (exact) mass is 790 g/mol. The Bertz CT molecular complexity index is 2300. The number of para-hydroxylation sites is 1. The summed E-state index contributed by atoms with van der Waals surface area (Å²) in [6.07, 6.45) is 6.65. The molecule has 5 amide bonds. The highest BCUT2D eigenvalue weighted by molar-refractivity contribution is 5.92. The summed E-state index contributed by atoms with van der Waals surface area (Å²) < 4.78 is 0. The number of urea groups is 1. The Morgan fingerprint density at radius 2 is 1.64 bits per heavy atom. The van der Waals surface area contributed by atoms with E-state index in [-0.39, 0.29) is 30.3 Å². The Morgan fingerprint density at radius 1 is 0.879 bits per heavy atom. The molecule has 0 saturated carbocycles. The van der Waals surface area contributed by atoms with Crippen molar-refractivity contribution in [1.82, 2.24) is 45.9 Å². The summed E-state index contributed by atoms with van der Waals surface area (Å²) in [5.74, 6) is -0.737. The zero-order chi connectivity index (χ0) is 40.6. The lowest BCUT2D eigenvalue weighted by molar-refractivity contribution is -0.137. The Hall–Kier alpha value is -6.45. The molecule has 0 radical (unpaired) electrons. The van der Waals surface area contributed by atoms with Gasteiger partial charge in [-0.2, -0.15) is 5.10 Å². The molecular formula is C42H50N10O6. The van der Waals surface area contributed by atoms with Crippen LogP contribution in [0.4, 0.5) is 15.3 Å². The Balaban J connectivity index is 1.06. The van der Waals surface area contributed by atoms with Crippen LogP contribution in [0.15, 0.2) is 78.0 Å². The van der Waals surface area contributed by atoms with Crippen molar-refractivity contribution >= 4 is 51.4 Å². The van der Waals surface area contributed by atoms with E-state index >= 15 is 0 Å². The number of carbonyl (C=O) groups is 4. The first-order valence-electron chi connectivity index (χ1n) is 19.9. The fraction of sp³-hybridized carbons (Fsp3) is 0.405. The highest BCUT2D eigenvalue weighted by atomic mass is 16.4. The summed E-state index contributed by atoms with van der Waals surface area (Å²) in [6, 6.07) is 15.0. The van der Waals surface area contributed by atoms with Gasteiger partial charge in [-0.25, -0.2) is 9.59 Å². The molecule has 7 rings (SSSR count). The molecule has 5 aromatic rings. The highest BCUT2D eigenvalue weighted by Crippen LogP contribution is 2.28. The van der Waals surface area contributed by atoms with E-state index in [4.69, 9.17) is 5.11 Å². The fourth-order valence-corrected chi connectivity index (χ4v) is 8.14. The number of rotatable bonds is 13. The molecule has 6 N–H and O–H groups in total. The Morgan fingerprint density at radius 3 is 2.40 bits per heavy atom. The van der Waals surface area contributed by atoms with Crippen molar-refractivity contribution in [2.75, 3.05) is 50.7 Å². The summed E-state index contributed by atoms with van der Waals surface area (Å²) in [6.45, 7) is 5.10. The molecule has 0 spiro atoms. The number of nitrogens with one attached hydrogen (secondary N) is 5. The number of nitrogens with zero attached hydrogens (tertiary/aromatic N) is 5. The lowest BCUT2D eigenvalue weighted by Crippen LogP contribution is -2.59. The summed E-state index contributed by atoms with van der Waals surface area (Å²) in [4.78, 5) is 79.2. The molecule has 0 bridgehead atoms. The number of aryl methyl sites for hydroxylation is 1. The summed E-state index contributed by atoms with van der Waals surface area (Å²) in [5.41, 5.74) is 5.02. The quantitative estimate of drug-likeness (QED) is 0.0956. The van der Waals surface area contributed by atoms with Crippen molar-refractivity contribution in [2.24, 2.45) is 0 Å². The van der Waals surface area contributed by atoms with Gasteiger partial charge in [0.05, 0.1) is 11.7 Å². The average Bonchev–Trinajstić information content (AvgIpc) is 3.72. The number of piperazine rings is 1. The standard InChI is InChI=1S/C42H50N10O6/c1-27-22-28(23-31-26-45-49-37(27)31)24-36(48-41(56)52-16-11-29(12-17-52)33-25-30-6-2-3-7-34(30)46-38(33)53)39(54)47-35(8-4-5-13-44-42(57)58)40(55)51-20-18-50(19-21-51)32-9-14-43-15-10-32/h2-3,6-7,9-10,14-15,22-23,25-26,29,35-36,44H,4-5,8,11-13,16-21,24H2,1H3,(H,45,49)(H,46,53)(H,47,54)(H,48,56)(H,57,58). The number of likely N-dealkylation sites (tertiary alicyclic amines) is 1. The number of amides is 5. The van der Waals surface area contributed by atoms with Crippen LogP contribution in [0.3, 0.4) is 0 Å². The van der Waals surface area contributed by atoms with Crippen LogP contribution in [-0.2, 0) is 16.0 Å². The molecule has 2 atom stereocenters. The van der Waals surface area contributed by atoms with E-state index < -0.39 is 30.1 Å². The van der Waals surface area contributed by atoms with Gasteiger partial charge >= 0.3 is 12.1 Å². The number of hydrogen-bond donors (Lipinski definition) is 6. The minimum absolute atomic E-state index is 0.0230. The average molecular weight is 791 g/mol. The number of carboxylic acid groups (broad SMARTS) is 1. The number of piperidine rings is 1. The number of anilines is 1. The van der Waals surface area contributed by atoms with E-state index in [0.29, 0.717) is 76.9 Å². The van der Waals surface area contributed by atoms with E-state index in [1.807, 2.05) is 61.5 Å². The summed E-state index contributed by atoms with van der Waals surface area (Å²) in [7, 11) is 0. The van der Waals surface area contributed by atoms with Gasteiger partial charge in [-0.3, -0.25) is 24.5 Å². The first-order valence-corrected chi connectivity index (χ1v) is 19.9. The van der Waals surface area contributed by atoms with Gasteiger partial charge in [-0.15, -0.1) is 0 Å². The minimum Gasteiger partial charge on any atom is -0.465 e. The molecule has 2 aliphatic heterocycles. The molecule has 16 heteroatoms. The van der Waals surface area contributed by atoms with E-state index in [1.165, 1.54) is 0 Å². The highest BCUT2D eigenvalue weighted by Gasteiger charge is 2.33. The summed E-state index contributed by atoms with van der Waals surface area (Å²) in [5, 5.41) is 26.4. The third kappa shape index (κ3) is 9.56. The first kappa shape index (κ1) is 39.8. The maximum atomic E-state index is 14.4. The second-order valence-electron chi connectivity index (χ2n) is 15.2. The molecule has 2 aliphatic rings. The Labute approximate surface area is 335 Å². The largest absolute Gasteiger partial charge is 0.465 e. The van der Waals surface area contributed by atoms with E-state index in [2.05, 4.69) is 41.0 Å². The van der Waals surface area contributed by atoms with Crippen LogP contribution in [0.25, 0.3) is 21.8 Å². The summed E-state index contributed by atoms with van der Waals surface area (Å²) >= 11 is 0. The molecule has 16 nitrogen and oxygen atoms in total. The Kier molecular flexibility index (Phi) is 12.5. The SMILES string of the molecule is Cc1cc(CC(NC(=O)N2CCC(c3cc4ccccc4[nH]c3=O)CC2)C(=O)NC(CCCCNC(=O)O)C(=O)N2CCN(c3ccncc3)CC2)cc2cn[nH]c12. The zero-order valence-electron chi connectivity index (χ0n) is 32.6. The van der Waals surface area contributed by atoms with Gasteiger partial charge in [0.1, 0.15) is 12.1 Å². The van der Waals surface area contributed by atoms with E-state index in [0.717, 1.165) is 38.6 Å². The molecule has 58 heavy (non-hydrogen) atoms. The zero-order valence-corrected chi connectivity index (χ0v) is 32.6. The minimum atomic E-state index is -1.12. The van der Waals surface area contributed by atoms with Crippen LogP contribution < -0.4 is 26.4 Å². The van der Waals surface area contributed by atoms with E-state index in [1.54, 1.807) is 28.4 Å². The second-order valence-corrected chi connectivity index (χ2v) is 15.2. The molecular weight excluding hydrogens is 741 g/mol. The third-order valence-electron chi connectivity index (χ3n) is 11.3. The number of carbonyl (C=O) groups excluding carboxylic acids is 3. The maximum absolute atomic E-state index is 14.4. The third-order valence-corrected chi connectivity index (χ3v) is 11.3. The van der Waals surface area contributed by atoms with Crippen LogP contribution in [0, 0.1) is 6.92 Å². The number of pyridine rings is 2. The van der Waals surface area contributed by atoms with Crippen molar-refractivity contribution in [3.8, 4) is 0 Å². The molecule has 5 heterocycles. The van der Waals surface area contributed by atoms with Gasteiger partial charge in [0.25, 0.3) is 5.56 Å². The number of benzene rings is 2. The molecule has 2 unspecified atom stereocenters. The van der Waals surface area contributed by atoms with Gasteiger partial charge in [-0.1, -0.05) is 24.3 Å². The van der Waals surface area contributed by atoms with Crippen LogP contribution >= 0.6 is 0 Å². The second kappa shape index (κ2) is 18.2. The van der Waals surface area contributed by atoms with Gasteiger partial charge in [0.15, 0.2) is 0 Å². The van der Waals surface area contributed by atoms with Crippen LogP contribution in [0.5, 0.6) is 0 Å². The lowest BCUT2D eigenvalue weighted by Gasteiger charge is -2.38. The van der Waals surface area contributed by atoms with Crippen LogP contribution in [0.2, 0.25) is 0 Å². The topological polar surface area (TPSA) is 209 Å². The van der Waals surface area contributed by atoms with Crippen LogP contribution in [0.1, 0.15) is 54.7 Å². The lowest BCUT2D eigenvalue weighted by atomic mass is 9.89. The maximum Gasteiger partial charge on any atom is 0.404 e. The molecule has 2 saturated heterocycles. The number of hydrogen-bond acceptors (Lipinski definition) is 8. The normalized spacial score (nSPS) is 15.9. The van der Waals surface area contributed by atoms with Crippen molar-refractivity contribution in [1.29, 1.82) is 0 Å². The van der Waals surface area contributed by atoms with Gasteiger partial charge in [0.2, 0.25) is 11.8 Å². The molecule has 2 fully saturated rings. The predicted octanol–water partition coefficient (Wildman–Crippen LogP) is 3.88. The van der Waals surface area contributed by atoms with Crippen molar-refractivity contribution < 1.29 is 24.3 Å². The van der Waals surface area contributed by atoms with E-state index in [9.17, 15) is 24.0 Å². The van der Waals surface area contributed by atoms with Crippen LogP contribution in [-0.4, -0.2) is 117 Å². The number of fused-ring (bicyclic) bond motifs is 2. The number of aromatic nitrogens is 4. The molecule has 304 valence electrons. The molecule has 0 aliphatic carbocycles. The number of unbranched alkanes of at least 4 members (excludes halogenated alkanes) is 1. The molecule has 3 aromatic heterocycles. The number of aromatic amines is 2. The smallest absolute Gasteiger partial charge is 0.404 e. The fourth-order valence-electron chi connectivity index (χ4n) is 8.14. The number of H-pyrrole nitrogens is 2.